The molecule has 1 atom stereocenters. The van der Waals surface area contributed by atoms with Crippen LogP contribution in [0, 0.1) is 0 Å². The zero-order valence-corrected chi connectivity index (χ0v) is 19.1. The van der Waals surface area contributed by atoms with E-state index >= 15 is 0 Å². The number of fused-ring (bicyclic) bond motifs is 1. The summed E-state index contributed by atoms with van der Waals surface area (Å²) in [5.74, 6) is -0.377. The molecule has 1 N–H and O–H groups in total. The molecule has 33 heavy (non-hydrogen) atoms. The maximum atomic E-state index is 13.4. The fourth-order valence-corrected chi connectivity index (χ4v) is 4.07. The maximum Gasteiger partial charge on any atom is 0.249 e. The van der Waals surface area contributed by atoms with Crippen molar-refractivity contribution in [2.75, 3.05) is 11.9 Å². The van der Waals surface area contributed by atoms with Crippen molar-refractivity contribution < 1.29 is 9.59 Å². The van der Waals surface area contributed by atoms with Crippen LogP contribution in [0.4, 0.5) is 5.69 Å². The predicted octanol–water partition coefficient (Wildman–Crippen LogP) is 5.43. The van der Waals surface area contributed by atoms with Gasteiger partial charge in [0.2, 0.25) is 11.8 Å². The van der Waals surface area contributed by atoms with E-state index < -0.39 is 6.04 Å². The Labute approximate surface area is 198 Å². The van der Waals surface area contributed by atoms with Gasteiger partial charge in [-0.2, -0.15) is 0 Å². The van der Waals surface area contributed by atoms with Gasteiger partial charge in [0.15, 0.2) is 0 Å². The first-order chi connectivity index (χ1) is 16.0. The first-order valence-electron chi connectivity index (χ1n) is 10.8. The highest BCUT2D eigenvalue weighted by atomic mass is 35.5. The number of anilines is 1. The van der Waals surface area contributed by atoms with Gasteiger partial charge in [-0.3, -0.25) is 9.59 Å². The van der Waals surface area contributed by atoms with Crippen LogP contribution in [0.1, 0.15) is 11.1 Å². The molecule has 0 saturated heterocycles. The van der Waals surface area contributed by atoms with Crippen molar-refractivity contribution >= 4 is 39.9 Å². The summed E-state index contributed by atoms with van der Waals surface area (Å²) in [6.45, 7) is 0. The lowest BCUT2D eigenvalue weighted by molar-refractivity contribution is -0.127. The molecular weight excluding hydrogens is 432 g/mol. The number of halogens is 1. The van der Waals surface area contributed by atoms with E-state index in [9.17, 15) is 9.59 Å². The van der Waals surface area contributed by atoms with Crippen molar-refractivity contribution in [3.63, 3.8) is 0 Å². The van der Waals surface area contributed by atoms with Crippen LogP contribution in [0.3, 0.4) is 0 Å². The number of benzene rings is 4. The topological polar surface area (TPSA) is 49.4 Å². The molecule has 0 radical (unpaired) electrons. The molecule has 0 saturated carbocycles. The average molecular weight is 457 g/mol. The Kier molecular flexibility index (Phi) is 7.06. The molecule has 166 valence electrons. The van der Waals surface area contributed by atoms with E-state index in [0.29, 0.717) is 17.1 Å². The third-order valence-electron chi connectivity index (χ3n) is 5.69. The molecule has 0 aliphatic rings. The van der Waals surface area contributed by atoms with Gasteiger partial charge in [-0.1, -0.05) is 84.4 Å². The number of carbonyl (C=O) groups excluding carboxylic acids is 2. The highest BCUT2D eigenvalue weighted by Gasteiger charge is 2.25. The Hall–Kier alpha value is -3.63. The Morgan fingerprint density at radius 3 is 2.27 bits per heavy atom. The fourth-order valence-electron chi connectivity index (χ4n) is 3.94. The second kappa shape index (κ2) is 10.3. The number of nitrogens with one attached hydrogen (secondary N) is 1. The molecule has 4 rings (SSSR count). The summed E-state index contributed by atoms with van der Waals surface area (Å²) in [6, 6.07) is 30.0. The van der Waals surface area contributed by atoms with E-state index in [1.54, 1.807) is 36.2 Å². The lowest BCUT2D eigenvalue weighted by Crippen LogP contribution is -2.49. The number of hydrogen-bond acceptors (Lipinski definition) is 2. The van der Waals surface area contributed by atoms with Crippen LogP contribution in [0.25, 0.3) is 10.8 Å². The normalized spacial score (nSPS) is 11.7. The molecule has 4 aromatic carbocycles. The molecule has 0 bridgehead atoms. The lowest BCUT2D eigenvalue weighted by atomic mass is 10.0. The molecule has 0 aliphatic heterocycles. The van der Waals surface area contributed by atoms with E-state index in [1.807, 2.05) is 72.8 Å². The molecule has 2 amide bonds. The summed E-state index contributed by atoms with van der Waals surface area (Å²) >= 11 is 5.99. The van der Waals surface area contributed by atoms with Crippen LogP contribution in [0.5, 0.6) is 0 Å². The third kappa shape index (κ3) is 5.60. The Morgan fingerprint density at radius 2 is 1.52 bits per heavy atom. The van der Waals surface area contributed by atoms with Crippen molar-refractivity contribution in [3.05, 3.63) is 113 Å². The highest BCUT2D eigenvalue weighted by molar-refractivity contribution is 6.30. The number of nitrogens with zero attached hydrogens (tertiary/aromatic N) is 1. The molecule has 0 fully saturated rings. The van der Waals surface area contributed by atoms with Crippen LogP contribution in [0.2, 0.25) is 5.02 Å². The standard InChI is InChI=1S/C28H25ClN2O2/c1-31(24-16-14-23(29)15-17-24)28(33)26(18-20-8-3-2-4-9-20)30-27(32)19-22-12-7-11-21-10-5-6-13-25(21)22/h2-17,26H,18-19H2,1H3,(H,30,32)/t26-/m0/s1. The van der Waals surface area contributed by atoms with Crippen LogP contribution in [-0.2, 0) is 22.4 Å². The van der Waals surface area contributed by atoms with E-state index in [4.69, 9.17) is 11.6 Å². The molecule has 0 spiro atoms. The van der Waals surface area contributed by atoms with Crippen molar-refractivity contribution in [1.82, 2.24) is 5.32 Å². The summed E-state index contributed by atoms with van der Waals surface area (Å²) < 4.78 is 0. The number of amides is 2. The van der Waals surface area contributed by atoms with E-state index in [-0.39, 0.29) is 18.2 Å². The summed E-state index contributed by atoms with van der Waals surface area (Å²) in [5, 5.41) is 5.71. The minimum absolute atomic E-state index is 0.188. The van der Waals surface area contributed by atoms with Gasteiger partial charge in [0.05, 0.1) is 6.42 Å². The van der Waals surface area contributed by atoms with Crippen LogP contribution >= 0.6 is 11.6 Å². The number of hydrogen-bond donors (Lipinski definition) is 1. The molecule has 4 aromatic rings. The van der Waals surface area contributed by atoms with Gasteiger partial charge >= 0.3 is 0 Å². The maximum absolute atomic E-state index is 13.4. The molecule has 4 nitrogen and oxygen atoms in total. The lowest BCUT2D eigenvalue weighted by Gasteiger charge is -2.25. The molecule has 0 unspecified atom stereocenters. The Morgan fingerprint density at radius 1 is 0.848 bits per heavy atom. The monoisotopic (exact) mass is 456 g/mol. The largest absolute Gasteiger partial charge is 0.344 e. The SMILES string of the molecule is CN(C(=O)[C@H](Cc1ccccc1)NC(=O)Cc1cccc2ccccc12)c1ccc(Cl)cc1. The minimum atomic E-state index is -0.699. The zero-order valence-electron chi connectivity index (χ0n) is 18.4. The Bertz CT molecular complexity index is 1250. The predicted molar refractivity (Wildman–Crippen MR) is 135 cm³/mol. The second-order valence-electron chi connectivity index (χ2n) is 8.00. The molecule has 0 aromatic heterocycles. The Balaban J connectivity index is 1.55. The first-order valence-corrected chi connectivity index (χ1v) is 11.2. The fraction of sp³-hybridized carbons (Fsp3) is 0.143. The zero-order chi connectivity index (χ0) is 23.2. The van der Waals surface area contributed by atoms with Gasteiger partial charge in [0, 0.05) is 24.2 Å². The van der Waals surface area contributed by atoms with Crippen LogP contribution in [0.15, 0.2) is 97.1 Å². The summed E-state index contributed by atoms with van der Waals surface area (Å²) in [6.07, 6.45) is 0.601. The molecule has 0 heterocycles. The van der Waals surface area contributed by atoms with Crippen LogP contribution in [-0.4, -0.2) is 24.9 Å². The van der Waals surface area contributed by atoms with Crippen LogP contribution < -0.4 is 10.2 Å². The smallest absolute Gasteiger partial charge is 0.249 e. The quantitative estimate of drug-likeness (QED) is 0.403. The van der Waals surface area contributed by atoms with Crippen molar-refractivity contribution in [1.29, 1.82) is 0 Å². The number of rotatable bonds is 7. The first kappa shape index (κ1) is 22.6. The average Bonchev–Trinajstić information content (AvgIpc) is 2.84. The number of likely N-dealkylation sites (N-methyl/N-ethyl adjacent to an activating group) is 1. The highest BCUT2D eigenvalue weighted by Crippen LogP contribution is 2.20. The summed E-state index contributed by atoms with van der Waals surface area (Å²) in [5.41, 5.74) is 2.62. The van der Waals surface area contributed by atoms with Gasteiger partial charge in [-0.25, -0.2) is 0 Å². The third-order valence-corrected chi connectivity index (χ3v) is 5.94. The van der Waals surface area contributed by atoms with Crippen molar-refractivity contribution in [3.8, 4) is 0 Å². The van der Waals surface area contributed by atoms with Gasteiger partial charge in [0.1, 0.15) is 6.04 Å². The molecule has 0 aliphatic carbocycles. The van der Waals surface area contributed by atoms with Crippen molar-refractivity contribution in [2.45, 2.75) is 18.9 Å². The molecular formula is C28H25ClN2O2. The second-order valence-corrected chi connectivity index (χ2v) is 8.43. The van der Waals surface area contributed by atoms with Gasteiger partial charge in [0.25, 0.3) is 0 Å². The van der Waals surface area contributed by atoms with E-state index in [1.165, 1.54) is 0 Å². The minimum Gasteiger partial charge on any atom is -0.344 e. The molecule has 5 heteroatoms. The van der Waals surface area contributed by atoms with Gasteiger partial charge < -0.3 is 10.2 Å². The van der Waals surface area contributed by atoms with Gasteiger partial charge in [-0.05, 0) is 46.2 Å². The van der Waals surface area contributed by atoms with E-state index in [0.717, 1.165) is 21.9 Å². The summed E-state index contributed by atoms with van der Waals surface area (Å²) in [7, 11) is 1.71. The number of carbonyl (C=O) groups is 2. The van der Waals surface area contributed by atoms with E-state index in [2.05, 4.69) is 5.32 Å². The van der Waals surface area contributed by atoms with Crippen molar-refractivity contribution in [2.24, 2.45) is 0 Å². The summed E-state index contributed by atoms with van der Waals surface area (Å²) in [4.78, 5) is 28.0. The van der Waals surface area contributed by atoms with Gasteiger partial charge in [-0.15, -0.1) is 0 Å².